The number of hydrogen-bond donors (Lipinski definition) is 3. The third-order valence-corrected chi connectivity index (χ3v) is 6.37. The number of thioether (sulfide) groups is 1. The fraction of sp³-hybridized carbons (Fsp3) is 0.423. The van der Waals surface area contributed by atoms with Crippen LogP contribution in [-0.2, 0) is 20.8 Å². The van der Waals surface area contributed by atoms with Crippen molar-refractivity contribution in [1.29, 1.82) is 0 Å². The first-order valence-corrected chi connectivity index (χ1v) is 12.7. The summed E-state index contributed by atoms with van der Waals surface area (Å²) in [5.41, 5.74) is 0.409. The average molecular weight is 500 g/mol. The molecule has 35 heavy (non-hydrogen) atoms. The van der Waals surface area contributed by atoms with Crippen molar-refractivity contribution >= 4 is 29.5 Å². The van der Waals surface area contributed by atoms with Gasteiger partial charge < -0.3 is 25.4 Å². The fourth-order valence-corrected chi connectivity index (χ4v) is 4.86. The minimum Gasteiger partial charge on any atom is -0.484 e. The lowest BCUT2D eigenvalue weighted by Gasteiger charge is -2.31. The van der Waals surface area contributed by atoms with Crippen LogP contribution in [0.15, 0.2) is 60.7 Å². The second-order valence-electron chi connectivity index (χ2n) is 9.47. The maximum absolute atomic E-state index is 13.3. The van der Waals surface area contributed by atoms with E-state index < -0.39 is 35.5 Å². The lowest BCUT2D eigenvalue weighted by atomic mass is 9.99. The van der Waals surface area contributed by atoms with E-state index in [4.69, 9.17) is 4.74 Å². The number of nitrogens with zero attached hydrogens (tertiary/aromatic N) is 1. The fourth-order valence-electron chi connectivity index (χ4n) is 3.70. The molecule has 3 N–H and O–H groups in total. The van der Waals surface area contributed by atoms with Crippen LogP contribution in [0.25, 0.3) is 0 Å². The van der Waals surface area contributed by atoms with Gasteiger partial charge in [-0.15, -0.1) is 11.8 Å². The molecule has 1 aliphatic heterocycles. The van der Waals surface area contributed by atoms with E-state index in [0.717, 1.165) is 5.56 Å². The predicted molar refractivity (Wildman–Crippen MR) is 136 cm³/mol. The van der Waals surface area contributed by atoms with E-state index in [1.165, 1.54) is 16.7 Å². The maximum Gasteiger partial charge on any atom is 0.258 e. The van der Waals surface area contributed by atoms with Crippen molar-refractivity contribution in [1.82, 2.24) is 15.5 Å². The molecule has 0 saturated carbocycles. The van der Waals surface area contributed by atoms with E-state index in [1.807, 2.05) is 57.2 Å². The first-order valence-electron chi connectivity index (χ1n) is 11.5. The zero-order valence-corrected chi connectivity index (χ0v) is 21.1. The normalized spacial score (nSPS) is 17.4. The van der Waals surface area contributed by atoms with Gasteiger partial charge in [0, 0.05) is 11.3 Å². The van der Waals surface area contributed by atoms with Gasteiger partial charge in [-0.2, -0.15) is 0 Å². The van der Waals surface area contributed by atoms with Crippen molar-refractivity contribution in [3.63, 3.8) is 0 Å². The molecule has 0 radical (unpaired) electrons. The second-order valence-corrected chi connectivity index (χ2v) is 10.5. The Morgan fingerprint density at radius 1 is 1.09 bits per heavy atom. The van der Waals surface area contributed by atoms with Gasteiger partial charge in [-0.25, -0.2) is 0 Å². The highest BCUT2D eigenvalue weighted by atomic mass is 32.2. The molecule has 8 nitrogen and oxygen atoms in total. The van der Waals surface area contributed by atoms with Crippen LogP contribution < -0.4 is 15.4 Å². The Labute approximate surface area is 210 Å². The molecule has 0 spiro atoms. The molecule has 2 aromatic rings. The number of carbonyl (C=O) groups excluding carboxylic acids is 3. The molecular weight excluding hydrogens is 466 g/mol. The smallest absolute Gasteiger partial charge is 0.258 e. The molecule has 0 bridgehead atoms. The number of amides is 3. The zero-order valence-electron chi connectivity index (χ0n) is 20.3. The molecule has 2 aromatic carbocycles. The Kier molecular flexibility index (Phi) is 9.17. The number of nitrogens with one attached hydrogen (secondary N) is 2. The van der Waals surface area contributed by atoms with Crippen molar-refractivity contribution < 1.29 is 24.2 Å². The summed E-state index contributed by atoms with van der Waals surface area (Å²) in [5.74, 6) is -0.0280. The monoisotopic (exact) mass is 499 g/mol. The molecule has 0 aliphatic carbocycles. The van der Waals surface area contributed by atoms with Crippen LogP contribution in [0.1, 0.15) is 26.3 Å². The van der Waals surface area contributed by atoms with Gasteiger partial charge in [0.1, 0.15) is 11.8 Å². The van der Waals surface area contributed by atoms with Gasteiger partial charge in [-0.1, -0.05) is 48.5 Å². The molecule has 3 atom stereocenters. The molecule has 1 heterocycles. The summed E-state index contributed by atoms with van der Waals surface area (Å²) in [6.07, 6.45) is -1.29. The molecule has 3 amide bonds. The zero-order chi connectivity index (χ0) is 25.4. The van der Waals surface area contributed by atoms with E-state index in [-0.39, 0.29) is 18.9 Å². The average Bonchev–Trinajstić information content (AvgIpc) is 3.32. The largest absolute Gasteiger partial charge is 0.484 e. The molecular formula is C26H33N3O5S. The van der Waals surface area contributed by atoms with Gasteiger partial charge in [0.25, 0.3) is 11.8 Å². The Hall–Kier alpha value is -3.04. The Balaban J connectivity index is 1.71. The summed E-state index contributed by atoms with van der Waals surface area (Å²) in [5, 5.41) is 16.7. The Bertz CT molecular complexity index is 997. The number of ether oxygens (including phenoxy) is 1. The molecule has 9 heteroatoms. The minimum absolute atomic E-state index is 0.241. The van der Waals surface area contributed by atoms with E-state index in [9.17, 15) is 19.5 Å². The SMILES string of the molecule is CC(C)(C)NC(=O)[C@@H]1CSCN1C(=O)[C@@H](O)[C@H](Cc1ccccc1)NC(=O)COc1ccccc1. The van der Waals surface area contributed by atoms with E-state index in [2.05, 4.69) is 10.6 Å². The molecule has 1 fully saturated rings. The third-order valence-electron chi connectivity index (χ3n) is 5.36. The summed E-state index contributed by atoms with van der Waals surface area (Å²) in [6, 6.07) is 16.6. The number of rotatable bonds is 9. The first kappa shape index (κ1) is 26.6. The third kappa shape index (κ3) is 8.00. The molecule has 3 rings (SSSR count). The van der Waals surface area contributed by atoms with Crippen LogP contribution in [0.5, 0.6) is 5.75 Å². The van der Waals surface area contributed by atoms with Gasteiger partial charge in [0.05, 0.1) is 11.9 Å². The van der Waals surface area contributed by atoms with Crippen molar-refractivity contribution in [3.05, 3.63) is 66.2 Å². The topological polar surface area (TPSA) is 108 Å². The van der Waals surface area contributed by atoms with Gasteiger partial charge in [-0.3, -0.25) is 14.4 Å². The number of hydrogen-bond acceptors (Lipinski definition) is 6. The summed E-state index contributed by atoms with van der Waals surface area (Å²) < 4.78 is 5.51. The number of benzene rings is 2. The molecule has 0 aromatic heterocycles. The van der Waals surface area contributed by atoms with Crippen LogP contribution in [-0.4, -0.2) is 69.7 Å². The van der Waals surface area contributed by atoms with Gasteiger partial charge in [0.2, 0.25) is 5.91 Å². The van der Waals surface area contributed by atoms with E-state index >= 15 is 0 Å². The van der Waals surface area contributed by atoms with E-state index in [0.29, 0.717) is 17.4 Å². The Morgan fingerprint density at radius 2 is 1.71 bits per heavy atom. The number of aliphatic hydroxyl groups is 1. The predicted octanol–water partition coefficient (Wildman–Crippen LogP) is 1.97. The summed E-state index contributed by atoms with van der Waals surface area (Å²) in [4.78, 5) is 40.1. The molecule has 1 aliphatic rings. The summed E-state index contributed by atoms with van der Waals surface area (Å²) in [6.45, 7) is 5.36. The number of para-hydroxylation sites is 1. The highest BCUT2D eigenvalue weighted by Gasteiger charge is 2.40. The van der Waals surface area contributed by atoms with Gasteiger partial charge in [0.15, 0.2) is 12.7 Å². The highest BCUT2D eigenvalue weighted by Crippen LogP contribution is 2.23. The quantitative estimate of drug-likeness (QED) is 0.487. The first-order chi connectivity index (χ1) is 16.6. The molecule has 0 unspecified atom stereocenters. The van der Waals surface area contributed by atoms with Crippen LogP contribution in [0.4, 0.5) is 0 Å². The van der Waals surface area contributed by atoms with Crippen molar-refractivity contribution in [3.8, 4) is 5.75 Å². The minimum atomic E-state index is -1.53. The van der Waals surface area contributed by atoms with E-state index in [1.54, 1.807) is 24.3 Å². The molecule has 188 valence electrons. The lowest BCUT2D eigenvalue weighted by Crippen LogP contribution is -2.58. The standard InChI is InChI=1S/C26H33N3O5S/c1-26(2,3)28-24(32)21-16-35-17-29(21)25(33)23(31)20(14-18-10-6-4-7-11-18)27-22(30)15-34-19-12-8-5-9-13-19/h4-13,20-21,23,31H,14-17H2,1-3H3,(H,27,30)(H,28,32)/t20-,21-,23-/m0/s1. The van der Waals surface area contributed by atoms with Gasteiger partial charge in [-0.05, 0) is 44.9 Å². The molecule has 1 saturated heterocycles. The van der Waals surface area contributed by atoms with Crippen molar-refractivity contribution in [2.75, 3.05) is 18.2 Å². The number of carbonyl (C=O) groups is 3. The van der Waals surface area contributed by atoms with Gasteiger partial charge >= 0.3 is 0 Å². The van der Waals surface area contributed by atoms with Crippen molar-refractivity contribution in [2.24, 2.45) is 0 Å². The van der Waals surface area contributed by atoms with Crippen LogP contribution in [0.2, 0.25) is 0 Å². The van der Waals surface area contributed by atoms with Crippen LogP contribution in [0.3, 0.4) is 0 Å². The summed E-state index contributed by atoms with van der Waals surface area (Å²) in [7, 11) is 0. The lowest BCUT2D eigenvalue weighted by molar-refractivity contribution is -0.147. The maximum atomic E-state index is 13.3. The summed E-state index contributed by atoms with van der Waals surface area (Å²) >= 11 is 1.45. The Morgan fingerprint density at radius 3 is 2.34 bits per heavy atom. The van der Waals surface area contributed by atoms with Crippen LogP contribution in [0, 0.1) is 0 Å². The second kappa shape index (κ2) is 12.1. The van der Waals surface area contributed by atoms with Crippen LogP contribution >= 0.6 is 11.8 Å². The highest BCUT2D eigenvalue weighted by molar-refractivity contribution is 7.99. The van der Waals surface area contributed by atoms with Crippen molar-refractivity contribution in [2.45, 2.75) is 50.9 Å². The number of aliphatic hydroxyl groups excluding tert-OH is 1.